The van der Waals surface area contributed by atoms with Crippen LogP contribution in [0.4, 0.5) is 0 Å². The molecule has 2 nitrogen and oxygen atoms in total. The molecule has 0 spiro atoms. The van der Waals surface area contributed by atoms with Gasteiger partial charge in [0.05, 0.1) is 6.42 Å². The molecule has 0 aromatic heterocycles. The van der Waals surface area contributed by atoms with Gasteiger partial charge in [0.15, 0.2) is 0 Å². The van der Waals surface area contributed by atoms with Crippen molar-refractivity contribution in [3.8, 4) is 0 Å². The summed E-state index contributed by atoms with van der Waals surface area (Å²) in [7, 11) is 0. The lowest BCUT2D eigenvalue weighted by Crippen LogP contribution is -1.99. The minimum atomic E-state index is -0.791. The minimum absolute atomic E-state index is 0.0874. The molecule has 0 bridgehead atoms. The van der Waals surface area contributed by atoms with Gasteiger partial charge >= 0.3 is 5.97 Å². The minimum Gasteiger partial charge on any atom is -0.481 e. The number of benzene rings is 2. The Morgan fingerprint density at radius 2 is 1.30 bits per heavy atom. The Morgan fingerprint density at radius 3 is 1.85 bits per heavy atom. The molecular weight excluding hydrogens is 248 g/mol. The molecule has 0 radical (unpaired) electrons. The van der Waals surface area contributed by atoms with Gasteiger partial charge in [0.25, 0.3) is 0 Å². The number of carbonyl (C=O) groups is 1. The monoisotopic (exact) mass is 266 g/mol. The smallest absolute Gasteiger partial charge is 0.307 e. The van der Waals surface area contributed by atoms with Crippen molar-refractivity contribution in [2.45, 2.75) is 19.3 Å². The first-order valence-electron chi connectivity index (χ1n) is 6.72. The zero-order valence-electron chi connectivity index (χ0n) is 11.3. The molecule has 2 rings (SSSR count). The Balaban J connectivity index is 1.83. The third-order valence-corrected chi connectivity index (χ3v) is 3.09. The van der Waals surface area contributed by atoms with Crippen molar-refractivity contribution in [2.75, 3.05) is 0 Å². The topological polar surface area (TPSA) is 37.3 Å². The second-order valence-corrected chi connectivity index (χ2v) is 4.75. The van der Waals surface area contributed by atoms with Crippen molar-refractivity contribution in [3.05, 3.63) is 83.4 Å². The molecule has 2 heteroatoms. The Kier molecular flexibility index (Phi) is 5.13. The lowest BCUT2D eigenvalue weighted by atomic mass is 10.1. The molecule has 0 aliphatic carbocycles. The first-order valence-corrected chi connectivity index (χ1v) is 6.72. The highest BCUT2D eigenvalue weighted by Gasteiger charge is 1.99. The van der Waals surface area contributed by atoms with Crippen LogP contribution in [0.25, 0.3) is 0 Å². The van der Waals surface area contributed by atoms with Gasteiger partial charge in [-0.15, -0.1) is 0 Å². The Labute approximate surface area is 119 Å². The second kappa shape index (κ2) is 7.29. The van der Waals surface area contributed by atoms with Crippen LogP contribution < -0.4 is 0 Å². The van der Waals surface area contributed by atoms with Crippen LogP contribution in [0.3, 0.4) is 0 Å². The van der Waals surface area contributed by atoms with Gasteiger partial charge in [-0.05, 0) is 29.5 Å². The van der Waals surface area contributed by atoms with E-state index in [-0.39, 0.29) is 6.42 Å². The molecule has 0 aliphatic rings. The van der Waals surface area contributed by atoms with Gasteiger partial charge in [0.1, 0.15) is 0 Å². The SMILES string of the molecule is O=C(O)Cc1ccc(C/C=C/Cc2ccccc2)cc1. The zero-order chi connectivity index (χ0) is 14.2. The fourth-order valence-electron chi connectivity index (χ4n) is 2.02. The highest BCUT2D eigenvalue weighted by Crippen LogP contribution is 2.07. The van der Waals surface area contributed by atoms with Gasteiger partial charge in [-0.1, -0.05) is 66.7 Å². The van der Waals surface area contributed by atoms with Crippen LogP contribution in [-0.4, -0.2) is 11.1 Å². The van der Waals surface area contributed by atoms with E-state index in [0.29, 0.717) is 0 Å². The van der Waals surface area contributed by atoms with Crippen LogP contribution in [0.15, 0.2) is 66.7 Å². The molecule has 0 amide bonds. The van der Waals surface area contributed by atoms with Crippen LogP contribution in [0.5, 0.6) is 0 Å². The van der Waals surface area contributed by atoms with Gasteiger partial charge in [0.2, 0.25) is 0 Å². The summed E-state index contributed by atoms with van der Waals surface area (Å²) >= 11 is 0. The molecule has 0 saturated carbocycles. The van der Waals surface area contributed by atoms with E-state index >= 15 is 0 Å². The standard InChI is InChI=1S/C18H18O2/c19-18(20)14-17-12-10-16(11-13-17)9-5-4-8-15-6-2-1-3-7-15/h1-7,10-13H,8-9,14H2,(H,19,20)/b5-4+. The number of allylic oxidation sites excluding steroid dienone is 2. The van der Waals surface area contributed by atoms with Crippen molar-refractivity contribution in [3.63, 3.8) is 0 Å². The predicted molar refractivity (Wildman–Crippen MR) is 80.8 cm³/mol. The molecule has 0 heterocycles. The van der Waals surface area contributed by atoms with E-state index in [0.717, 1.165) is 18.4 Å². The van der Waals surface area contributed by atoms with Crippen molar-refractivity contribution >= 4 is 5.97 Å². The van der Waals surface area contributed by atoms with E-state index in [9.17, 15) is 4.79 Å². The molecule has 0 fully saturated rings. The van der Waals surface area contributed by atoms with Gasteiger partial charge < -0.3 is 5.11 Å². The first-order chi connectivity index (χ1) is 9.74. The maximum atomic E-state index is 10.6. The highest BCUT2D eigenvalue weighted by atomic mass is 16.4. The average Bonchev–Trinajstić information content (AvgIpc) is 2.46. The molecule has 2 aromatic rings. The van der Waals surface area contributed by atoms with E-state index in [1.807, 2.05) is 42.5 Å². The van der Waals surface area contributed by atoms with Crippen LogP contribution in [-0.2, 0) is 24.1 Å². The Bertz CT molecular complexity index is 568. The summed E-state index contributed by atoms with van der Waals surface area (Å²) in [5, 5.41) is 8.71. The van der Waals surface area contributed by atoms with Crippen LogP contribution >= 0.6 is 0 Å². The summed E-state index contributed by atoms with van der Waals surface area (Å²) in [5.74, 6) is -0.791. The number of rotatable bonds is 6. The number of hydrogen-bond donors (Lipinski definition) is 1. The third kappa shape index (κ3) is 4.73. The zero-order valence-corrected chi connectivity index (χ0v) is 11.3. The summed E-state index contributed by atoms with van der Waals surface area (Å²) in [6.45, 7) is 0. The molecule has 20 heavy (non-hydrogen) atoms. The second-order valence-electron chi connectivity index (χ2n) is 4.75. The number of carboxylic acid groups (broad SMARTS) is 1. The van der Waals surface area contributed by atoms with E-state index in [2.05, 4.69) is 24.3 Å². The van der Waals surface area contributed by atoms with E-state index in [1.165, 1.54) is 11.1 Å². The van der Waals surface area contributed by atoms with Crippen LogP contribution in [0, 0.1) is 0 Å². The molecule has 1 N–H and O–H groups in total. The van der Waals surface area contributed by atoms with Crippen LogP contribution in [0.2, 0.25) is 0 Å². The van der Waals surface area contributed by atoms with Crippen molar-refractivity contribution in [1.82, 2.24) is 0 Å². The fourth-order valence-corrected chi connectivity index (χ4v) is 2.02. The summed E-state index contributed by atoms with van der Waals surface area (Å²) in [4.78, 5) is 10.6. The lowest BCUT2D eigenvalue weighted by molar-refractivity contribution is -0.136. The number of hydrogen-bond acceptors (Lipinski definition) is 1. The maximum absolute atomic E-state index is 10.6. The van der Waals surface area contributed by atoms with Crippen molar-refractivity contribution < 1.29 is 9.90 Å². The van der Waals surface area contributed by atoms with Gasteiger partial charge in [0, 0.05) is 0 Å². The largest absolute Gasteiger partial charge is 0.481 e. The molecule has 0 atom stereocenters. The predicted octanol–water partition coefficient (Wildman–Crippen LogP) is 3.66. The number of carboxylic acids is 1. The summed E-state index contributed by atoms with van der Waals surface area (Å²) in [6, 6.07) is 18.1. The molecular formula is C18H18O2. The maximum Gasteiger partial charge on any atom is 0.307 e. The third-order valence-electron chi connectivity index (χ3n) is 3.09. The molecule has 2 aromatic carbocycles. The first kappa shape index (κ1) is 14.1. The summed E-state index contributed by atoms with van der Waals surface area (Å²) in [6.07, 6.45) is 6.22. The van der Waals surface area contributed by atoms with Gasteiger partial charge in [-0.3, -0.25) is 4.79 Å². The van der Waals surface area contributed by atoms with E-state index in [1.54, 1.807) is 0 Å². The quantitative estimate of drug-likeness (QED) is 0.810. The van der Waals surface area contributed by atoms with E-state index < -0.39 is 5.97 Å². The fraction of sp³-hybridized carbons (Fsp3) is 0.167. The summed E-state index contributed by atoms with van der Waals surface area (Å²) < 4.78 is 0. The molecule has 0 aliphatic heterocycles. The highest BCUT2D eigenvalue weighted by molar-refractivity contribution is 5.70. The van der Waals surface area contributed by atoms with E-state index in [4.69, 9.17) is 5.11 Å². The Hall–Kier alpha value is -2.35. The van der Waals surface area contributed by atoms with Crippen LogP contribution in [0.1, 0.15) is 16.7 Å². The van der Waals surface area contributed by atoms with Crippen molar-refractivity contribution in [1.29, 1.82) is 0 Å². The van der Waals surface area contributed by atoms with Crippen molar-refractivity contribution in [2.24, 2.45) is 0 Å². The molecule has 0 unspecified atom stereocenters. The van der Waals surface area contributed by atoms with Gasteiger partial charge in [-0.25, -0.2) is 0 Å². The van der Waals surface area contributed by atoms with Gasteiger partial charge in [-0.2, -0.15) is 0 Å². The summed E-state index contributed by atoms with van der Waals surface area (Å²) in [5.41, 5.74) is 3.35. The Morgan fingerprint density at radius 1 is 0.800 bits per heavy atom. The number of aliphatic carboxylic acids is 1. The molecule has 0 saturated heterocycles. The lowest BCUT2D eigenvalue weighted by Gasteiger charge is -2.00. The normalized spacial score (nSPS) is 10.8. The molecule has 102 valence electrons. The average molecular weight is 266 g/mol.